The number of rotatable bonds is 2. The van der Waals surface area contributed by atoms with Gasteiger partial charge in [-0.15, -0.1) is 0 Å². The van der Waals surface area contributed by atoms with Gasteiger partial charge in [0, 0.05) is 26.2 Å². The minimum absolute atomic E-state index is 0.171. The van der Waals surface area contributed by atoms with E-state index < -0.39 is 5.60 Å². The summed E-state index contributed by atoms with van der Waals surface area (Å²) in [5.74, 6) is 0.171. The fourth-order valence-electron chi connectivity index (χ4n) is 3.03. The lowest BCUT2D eigenvalue weighted by Gasteiger charge is -2.44. The molecule has 0 radical (unpaired) electrons. The number of amides is 1. The Kier molecular flexibility index (Phi) is 3.07. The number of carbonyl (C=O) groups excluding carboxylic acids is 1. The average Bonchev–Trinajstić information content (AvgIpc) is 2.36. The summed E-state index contributed by atoms with van der Waals surface area (Å²) < 4.78 is 0. The Hall–Kier alpha value is -1.39. The Morgan fingerprint density at radius 3 is 2.68 bits per heavy atom. The van der Waals surface area contributed by atoms with Gasteiger partial charge in [0.05, 0.1) is 12.1 Å². The highest BCUT2D eigenvalue weighted by atomic mass is 16.3. The number of nitrogens with zero attached hydrogens (tertiary/aromatic N) is 2. The summed E-state index contributed by atoms with van der Waals surface area (Å²) in [6, 6.07) is 8.32. The summed E-state index contributed by atoms with van der Waals surface area (Å²) >= 11 is 0. The third-order valence-corrected chi connectivity index (χ3v) is 3.97. The van der Waals surface area contributed by atoms with Gasteiger partial charge in [0.2, 0.25) is 5.91 Å². The molecule has 0 aliphatic carbocycles. The molecule has 2 aliphatic heterocycles. The molecule has 1 saturated heterocycles. The highest BCUT2D eigenvalue weighted by Crippen LogP contribution is 2.21. The van der Waals surface area contributed by atoms with Crippen LogP contribution in [0.3, 0.4) is 0 Å². The van der Waals surface area contributed by atoms with Crippen molar-refractivity contribution in [2.45, 2.75) is 25.5 Å². The number of hydrogen-bond donors (Lipinski definition) is 1. The standard InChI is InChI=1S/C15H20N2O2/c1-15(19)10-16(11-15)9-14(18)17-7-6-12-4-2-3-5-13(12)8-17/h2-5,19H,6-11H2,1H3. The fraction of sp³-hybridized carbons (Fsp3) is 0.533. The van der Waals surface area contributed by atoms with E-state index in [0.717, 1.165) is 19.5 Å². The van der Waals surface area contributed by atoms with E-state index in [1.165, 1.54) is 11.1 Å². The second-order valence-corrected chi connectivity index (χ2v) is 5.98. The number of carbonyl (C=O) groups is 1. The van der Waals surface area contributed by atoms with Crippen molar-refractivity contribution in [1.82, 2.24) is 9.80 Å². The van der Waals surface area contributed by atoms with E-state index in [1.807, 2.05) is 22.8 Å². The first-order chi connectivity index (χ1) is 9.03. The van der Waals surface area contributed by atoms with Gasteiger partial charge in [-0.25, -0.2) is 0 Å². The summed E-state index contributed by atoms with van der Waals surface area (Å²) in [7, 11) is 0. The molecule has 3 rings (SSSR count). The summed E-state index contributed by atoms with van der Waals surface area (Å²) in [6.07, 6.45) is 0.944. The fourth-order valence-corrected chi connectivity index (χ4v) is 3.03. The molecule has 1 amide bonds. The second kappa shape index (κ2) is 4.62. The van der Waals surface area contributed by atoms with Crippen LogP contribution in [0.15, 0.2) is 24.3 Å². The number of β-amino-alcohol motifs (C(OH)–C–C–N with tert-alkyl or cyclic N) is 1. The predicted octanol–water partition coefficient (Wildman–Crippen LogP) is 0.638. The van der Waals surface area contributed by atoms with Gasteiger partial charge in [0.1, 0.15) is 0 Å². The van der Waals surface area contributed by atoms with Gasteiger partial charge in [-0.05, 0) is 24.5 Å². The van der Waals surface area contributed by atoms with Crippen molar-refractivity contribution in [2.75, 3.05) is 26.2 Å². The van der Waals surface area contributed by atoms with Crippen LogP contribution in [0.1, 0.15) is 18.1 Å². The zero-order valence-electron chi connectivity index (χ0n) is 11.3. The molecule has 1 aromatic rings. The molecule has 0 saturated carbocycles. The van der Waals surface area contributed by atoms with Crippen LogP contribution in [0.2, 0.25) is 0 Å². The zero-order valence-corrected chi connectivity index (χ0v) is 11.3. The van der Waals surface area contributed by atoms with Crippen LogP contribution in [0, 0.1) is 0 Å². The maximum Gasteiger partial charge on any atom is 0.237 e. The van der Waals surface area contributed by atoms with E-state index >= 15 is 0 Å². The van der Waals surface area contributed by atoms with E-state index in [2.05, 4.69) is 18.2 Å². The van der Waals surface area contributed by atoms with E-state index in [4.69, 9.17) is 0 Å². The Morgan fingerprint density at radius 2 is 2.00 bits per heavy atom. The van der Waals surface area contributed by atoms with Crippen molar-refractivity contribution in [3.63, 3.8) is 0 Å². The monoisotopic (exact) mass is 260 g/mol. The van der Waals surface area contributed by atoms with Crippen LogP contribution in [0.25, 0.3) is 0 Å². The molecule has 0 aromatic heterocycles. The summed E-state index contributed by atoms with van der Waals surface area (Å²) in [4.78, 5) is 16.2. The summed E-state index contributed by atoms with van der Waals surface area (Å²) in [5, 5.41) is 9.67. The van der Waals surface area contributed by atoms with Gasteiger partial charge < -0.3 is 10.0 Å². The third kappa shape index (κ3) is 2.65. The van der Waals surface area contributed by atoms with Crippen molar-refractivity contribution < 1.29 is 9.90 Å². The normalized spacial score (nSPS) is 21.7. The van der Waals surface area contributed by atoms with E-state index in [9.17, 15) is 9.90 Å². The molecule has 19 heavy (non-hydrogen) atoms. The Bertz CT molecular complexity index is 491. The van der Waals surface area contributed by atoms with Crippen LogP contribution in [0.5, 0.6) is 0 Å². The topological polar surface area (TPSA) is 43.8 Å². The van der Waals surface area contributed by atoms with Gasteiger partial charge >= 0.3 is 0 Å². The largest absolute Gasteiger partial charge is 0.388 e. The molecule has 1 fully saturated rings. The second-order valence-electron chi connectivity index (χ2n) is 5.98. The SMILES string of the molecule is CC1(O)CN(CC(=O)N2CCc3ccccc3C2)C1. The maximum absolute atomic E-state index is 12.2. The van der Waals surface area contributed by atoms with Gasteiger partial charge in [-0.3, -0.25) is 9.69 Å². The first-order valence-electron chi connectivity index (χ1n) is 6.83. The predicted molar refractivity (Wildman–Crippen MR) is 72.6 cm³/mol. The molecule has 4 nitrogen and oxygen atoms in total. The van der Waals surface area contributed by atoms with Gasteiger partial charge in [-0.2, -0.15) is 0 Å². The molecule has 0 unspecified atom stereocenters. The number of aliphatic hydroxyl groups is 1. The number of fused-ring (bicyclic) bond motifs is 1. The van der Waals surface area contributed by atoms with Gasteiger partial charge in [0.15, 0.2) is 0 Å². The lowest BCUT2D eigenvalue weighted by molar-refractivity contribution is -0.140. The molecule has 0 atom stereocenters. The molecule has 0 bridgehead atoms. The Balaban J connectivity index is 1.58. The van der Waals surface area contributed by atoms with E-state index in [0.29, 0.717) is 19.6 Å². The number of likely N-dealkylation sites (tertiary alicyclic amines) is 1. The van der Waals surface area contributed by atoms with E-state index in [1.54, 1.807) is 0 Å². The lowest BCUT2D eigenvalue weighted by Crippen LogP contribution is -2.61. The van der Waals surface area contributed by atoms with Crippen molar-refractivity contribution in [1.29, 1.82) is 0 Å². The Labute approximate surface area is 113 Å². The first kappa shape index (κ1) is 12.6. The van der Waals surface area contributed by atoms with Crippen molar-refractivity contribution in [3.8, 4) is 0 Å². The van der Waals surface area contributed by atoms with Crippen molar-refractivity contribution in [3.05, 3.63) is 35.4 Å². The minimum atomic E-state index is -0.602. The highest BCUT2D eigenvalue weighted by molar-refractivity contribution is 5.78. The first-order valence-corrected chi connectivity index (χ1v) is 6.83. The molecule has 4 heteroatoms. The van der Waals surface area contributed by atoms with Crippen molar-refractivity contribution in [2.24, 2.45) is 0 Å². The van der Waals surface area contributed by atoms with E-state index in [-0.39, 0.29) is 5.91 Å². The van der Waals surface area contributed by atoms with Crippen LogP contribution >= 0.6 is 0 Å². The molecule has 1 aromatic carbocycles. The Morgan fingerprint density at radius 1 is 1.32 bits per heavy atom. The van der Waals surface area contributed by atoms with Gasteiger partial charge in [0.25, 0.3) is 0 Å². The van der Waals surface area contributed by atoms with Crippen LogP contribution in [-0.4, -0.2) is 52.6 Å². The highest BCUT2D eigenvalue weighted by Gasteiger charge is 2.37. The lowest BCUT2D eigenvalue weighted by atomic mass is 9.96. The number of benzene rings is 1. The zero-order chi connectivity index (χ0) is 13.5. The molecule has 1 N–H and O–H groups in total. The summed E-state index contributed by atoms with van der Waals surface area (Å²) in [5.41, 5.74) is 2.02. The van der Waals surface area contributed by atoms with Crippen LogP contribution < -0.4 is 0 Å². The summed E-state index contributed by atoms with van der Waals surface area (Å²) in [6.45, 7) is 4.97. The van der Waals surface area contributed by atoms with Crippen LogP contribution in [-0.2, 0) is 17.8 Å². The molecular weight excluding hydrogens is 240 g/mol. The van der Waals surface area contributed by atoms with Crippen molar-refractivity contribution >= 4 is 5.91 Å². The molecule has 0 spiro atoms. The smallest absolute Gasteiger partial charge is 0.237 e. The molecular formula is C15H20N2O2. The van der Waals surface area contributed by atoms with Gasteiger partial charge in [-0.1, -0.05) is 24.3 Å². The minimum Gasteiger partial charge on any atom is -0.388 e. The maximum atomic E-state index is 12.2. The third-order valence-electron chi connectivity index (χ3n) is 3.97. The number of hydrogen-bond acceptors (Lipinski definition) is 3. The molecule has 2 aliphatic rings. The molecule has 2 heterocycles. The van der Waals surface area contributed by atoms with Crippen LogP contribution in [0.4, 0.5) is 0 Å². The average molecular weight is 260 g/mol. The molecule has 102 valence electrons. The quantitative estimate of drug-likeness (QED) is 0.848.